The number of aliphatic hydroxyl groups is 2. The highest BCUT2D eigenvalue weighted by atomic mass is 32.2. The Morgan fingerprint density at radius 3 is 2.83 bits per heavy atom. The summed E-state index contributed by atoms with van der Waals surface area (Å²) in [5, 5.41) is 26.4. The first-order chi connectivity index (χ1) is 10.7. The van der Waals surface area contributed by atoms with Gasteiger partial charge in [0, 0.05) is 18.5 Å². The zero-order valence-corrected chi connectivity index (χ0v) is 14.5. The Labute approximate surface area is 136 Å². The number of anilines is 1. The van der Waals surface area contributed by atoms with Crippen LogP contribution in [0.1, 0.15) is 25.5 Å². The standard InChI is InChI=1S/C14H25N3O5S/c1-9(2)10(7-18)11-6-13(22-16-11)15-14(19)12-8-23(20,21)5-4-17(12)3/h6,9-10,12,14-15,18-19H,4-5,7-8H2,1-3H3. The van der Waals surface area contributed by atoms with Crippen LogP contribution in [0.25, 0.3) is 0 Å². The van der Waals surface area contributed by atoms with E-state index in [9.17, 15) is 18.6 Å². The molecule has 1 saturated heterocycles. The number of aromatic nitrogens is 1. The van der Waals surface area contributed by atoms with Crippen LogP contribution in [0, 0.1) is 5.92 Å². The molecule has 0 radical (unpaired) electrons. The molecule has 1 fully saturated rings. The Balaban J connectivity index is 2.05. The Bertz CT molecular complexity index is 616. The average molecular weight is 347 g/mol. The van der Waals surface area contributed by atoms with Crippen LogP contribution >= 0.6 is 0 Å². The van der Waals surface area contributed by atoms with Crippen molar-refractivity contribution >= 4 is 15.7 Å². The average Bonchev–Trinajstić information content (AvgIpc) is 2.90. The minimum Gasteiger partial charge on any atom is -0.396 e. The number of aliphatic hydroxyl groups excluding tert-OH is 2. The van der Waals surface area contributed by atoms with Crippen molar-refractivity contribution < 1.29 is 23.2 Å². The van der Waals surface area contributed by atoms with E-state index in [1.807, 2.05) is 13.8 Å². The second-order valence-corrected chi connectivity index (χ2v) is 8.63. The van der Waals surface area contributed by atoms with Gasteiger partial charge in [-0.2, -0.15) is 0 Å². The third-order valence-electron chi connectivity index (χ3n) is 4.31. The molecule has 2 heterocycles. The first kappa shape index (κ1) is 18.2. The highest BCUT2D eigenvalue weighted by Gasteiger charge is 2.34. The number of nitrogens with one attached hydrogen (secondary N) is 1. The van der Waals surface area contributed by atoms with Gasteiger partial charge in [0.25, 0.3) is 0 Å². The second-order valence-electron chi connectivity index (χ2n) is 6.40. The smallest absolute Gasteiger partial charge is 0.226 e. The van der Waals surface area contributed by atoms with Crippen LogP contribution in [0.5, 0.6) is 0 Å². The van der Waals surface area contributed by atoms with Gasteiger partial charge in [-0.15, -0.1) is 0 Å². The van der Waals surface area contributed by atoms with Crippen molar-refractivity contribution in [3.05, 3.63) is 11.8 Å². The Hall–Kier alpha value is -1.16. The minimum absolute atomic E-state index is 0.0458. The third kappa shape index (κ3) is 4.43. The maximum Gasteiger partial charge on any atom is 0.226 e. The van der Waals surface area contributed by atoms with Gasteiger partial charge in [-0.3, -0.25) is 4.90 Å². The molecule has 23 heavy (non-hydrogen) atoms. The number of sulfone groups is 1. The van der Waals surface area contributed by atoms with Crippen LogP contribution in [0.4, 0.5) is 5.88 Å². The highest BCUT2D eigenvalue weighted by Crippen LogP contribution is 2.26. The fraction of sp³-hybridized carbons (Fsp3) is 0.786. The van der Waals surface area contributed by atoms with Gasteiger partial charge in [-0.25, -0.2) is 8.42 Å². The van der Waals surface area contributed by atoms with Gasteiger partial charge < -0.3 is 20.1 Å². The summed E-state index contributed by atoms with van der Waals surface area (Å²) in [4.78, 5) is 1.81. The van der Waals surface area contributed by atoms with E-state index in [2.05, 4.69) is 10.5 Å². The van der Waals surface area contributed by atoms with Crippen LogP contribution < -0.4 is 5.32 Å². The lowest BCUT2D eigenvalue weighted by atomic mass is 9.93. The quantitative estimate of drug-likeness (QED) is 0.609. The topological polar surface area (TPSA) is 116 Å². The van der Waals surface area contributed by atoms with Gasteiger partial charge in [0.1, 0.15) is 6.23 Å². The molecule has 0 aromatic carbocycles. The molecule has 3 atom stereocenters. The van der Waals surface area contributed by atoms with E-state index in [-0.39, 0.29) is 35.8 Å². The fourth-order valence-corrected chi connectivity index (χ4v) is 4.36. The molecule has 0 aliphatic carbocycles. The third-order valence-corrected chi connectivity index (χ3v) is 5.96. The van der Waals surface area contributed by atoms with Crippen molar-refractivity contribution in [3.63, 3.8) is 0 Å². The molecule has 0 spiro atoms. The summed E-state index contributed by atoms with van der Waals surface area (Å²) in [6.07, 6.45) is -1.09. The van der Waals surface area contributed by atoms with Gasteiger partial charge in [-0.05, 0) is 13.0 Å². The van der Waals surface area contributed by atoms with Crippen molar-refractivity contribution in [3.8, 4) is 0 Å². The molecular formula is C14H25N3O5S. The molecule has 1 aliphatic rings. The number of rotatable bonds is 6. The van der Waals surface area contributed by atoms with Crippen molar-refractivity contribution in [1.82, 2.24) is 10.1 Å². The summed E-state index contributed by atoms with van der Waals surface area (Å²) < 4.78 is 28.6. The number of nitrogens with zero attached hydrogens (tertiary/aromatic N) is 2. The molecule has 0 amide bonds. The van der Waals surface area contributed by atoms with Crippen molar-refractivity contribution in [2.24, 2.45) is 5.92 Å². The maximum atomic E-state index is 11.7. The fourth-order valence-electron chi connectivity index (χ4n) is 2.67. The summed E-state index contributed by atoms with van der Waals surface area (Å²) in [7, 11) is -1.37. The Kier molecular flexibility index (Phi) is 5.66. The Morgan fingerprint density at radius 2 is 2.22 bits per heavy atom. The van der Waals surface area contributed by atoms with Gasteiger partial charge in [-0.1, -0.05) is 19.0 Å². The molecule has 1 aromatic rings. The van der Waals surface area contributed by atoms with E-state index in [0.29, 0.717) is 12.2 Å². The van der Waals surface area contributed by atoms with E-state index in [4.69, 9.17) is 4.52 Å². The van der Waals surface area contributed by atoms with Crippen LogP contribution in [0.3, 0.4) is 0 Å². The first-order valence-corrected chi connectivity index (χ1v) is 9.48. The predicted octanol–water partition coefficient (Wildman–Crippen LogP) is -0.134. The zero-order chi connectivity index (χ0) is 17.2. The van der Waals surface area contributed by atoms with Gasteiger partial charge in [0.15, 0.2) is 9.84 Å². The first-order valence-electron chi connectivity index (χ1n) is 7.66. The summed E-state index contributed by atoms with van der Waals surface area (Å²) >= 11 is 0. The SMILES string of the molecule is CC(C)C(CO)c1cc(NC(O)C2CS(=O)(=O)CCN2C)on1. The molecule has 3 N–H and O–H groups in total. The van der Waals surface area contributed by atoms with E-state index >= 15 is 0 Å². The molecule has 3 unspecified atom stereocenters. The molecule has 132 valence electrons. The molecule has 0 bridgehead atoms. The van der Waals surface area contributed by atoms with Crippen molar-refractivity contribution in [2.75, 3.05) is 37.0 Å². The zero-order valence-electron chi connectivity index (χ0n) is 13.6. The number of hydrogen-bond acceptors (Lipinski definition) is 8. The largest absolute Gasteiger partial charge is 0.396 e. The van der Waals surface area contributed by atoms with Gasteiger partial charge >= 0.3 is 0 Å². The monoisotopic (exact) mass is 347 g/mol. The van der Waals surface area contributed by atoms with E-state index in [0.717, 1.165) is 0 Å². The molecule has 8 nitrogen and oxygen atoms in total. The number of likely N-dealkylation sites (N-methyl/N-ethyl adjacent to an activating group) is 1. The normalized spacial score (nSPS) is 24.5. The highest BCUT2D eigenvalue weighted by molar-refractivity contribution is 7.91. The van der Waals surface area contributed by atoms with Crippen molar-refractivity contribution in [2.45, 2.75) is 32.0 Å². The van der Waals surface area contributed by atoms with Crippen LogP contribution in [0.2, 0.25) is 0 Å². The maximum absolute atomic E-state index is 11.7. The van der Waals surface area contributed by atoms with Gasteiger partial charge in [0.2, 0.25) is 5.88 Å². The summed E-state index contributed by atoms with van der Waals surface area (Å²) in [5.74, 6) is 0.292. The molecule has 1 aromatic heterocycles. The lowest BCUT2D eigenvalue weighted by Crippen LogP contribution is -2.54. The summed E-state index contributed by atoms with van der Waals surface area (Å²) in [5.41, 5.74) is 0.599. The molecule has 9 heteroatoms. The van der Waals surface area contributed by atoms with E-state index < -0.39 is 22.1 Å². The van der Waals surface area contributed by atoms with Crippen molar-refractivity contribution in [1.29, 1.82) is 0 Å². The van der Waals surface area contributed by atoms with E-state index in [1.54, 1.807) is 18.0 Å². The van der Waals surface area contributed by atoms with Crippen LogP contribution in [-0.2, 0) is 9.84 Å². The lowest BCUT2D eigenvalue weighted by molar-refractivity contribution is 0.0921. The Morgan fingerprint density at radius 1 is 1.52 bits per heavy atom. The molecule has 1 aliphatic heterocycles. The molecular weight excluding hydrogens is 322 g/mol. The summed E-state index contributed by atoms with van der Waals surface area (Å²) in [6.45, 7) is 4.28. The van der Waals surface area contributed by atoms with E-state index in [1.165, 1.54) is 0 Å². The number of hydrogen-bond donors (Lipinski definition) is 3. The summed E-state index contributed by atoms with van der Waals surface area (Å²) in [6, 6.07) is 1.07. The lowest BCUT2D eigenvalue weighted by Gasteiger charge is -2.35. The minimum atomic E-state index is -3.15. The van der Waals surface area contributed by atoms with Crippen LogP contribution in [-0.4, -0.2) is 72.7 Å². The van der Waals surface area contributed by atoms with Gasteiger partial charge in [0.05, 0.1) is 29.8 Å². The predicted molar refractivity (Wildman–Crippen MR) is 85.9 cm³/mol. The molecule has 2 rings (SSSR count). The molecule has 0 saturated carbocycles. The van der Waals surface area contributed by atoms with Crippen LogP contribution in [0.15, 0.2) is 10.6 Å². The second kappa shape index (κ2) is 7.16.